The molecule has 1 rings (SSSR count). The first-order valence-corrected chi connectivity index (χ1v) is 6.33. The van der Waals surface area contributed by atoms with E-state index in [1.165, 1.54) is 6.20 Å². The van der Waals surface area contributed by atoms with Crippen LogP contribution in [0.3, 0.4) is 0 Å². The second-order valence-corrected chi connectivity index (χ2v) is 4.88. The molecule has 2 atom stereocenters. The highest BCUT2D eigenvalue weighted by molar-refractivity contribution is 6.29. The Morgan fingerprint density at radius 1 is 1.47 bits per heavy atom. The Morgan fingerprint density at radius 3 is 2.71 bits per heavy atom. The van der Waals surface area contributed by atoms with Gasteiger partial charge in [0.15, 0.2) is 0 Å². The van der Waals surface area contributed by atoms with Crippen LogP contribution >= 0.6 is 11.6 Å². The molecule has 3 nitrogen and oxygen atoms in total. The van der Waals surface area contributed by atoms with Gasteiger partial charge in [-0.25, -0.2) is 4.98 Å². The Morgan fingerprint density at radius 2 is 2.18 bits per heavy atom. The SMILES string of the molecule is CCC(C)CC(C)NC(=O)c1ccc(Cl)nc1. The third-order valence-electron chi connectivity index (χ3n) is 2.82. The Kier molecular flexibility index (Phi) is 5.42. The normalized spacial score (nSPS) is 14.1. The third-order valence-corrected chi connectivity index (χ3v) is 3.04. The van der Waals surface area contributed by atoms with E-state index in [-0.39, 0.29) is 11.9 Å². The van der Waals surface area contributed by atoms with Crippen LogP contribution in [0.2, 0.25) is 5.15 Å². The van der Waals surface area contributed by atoms with Gasteiger partial charge in [-0.3, -0.25) is 4.79 Å². The molecule has 0 aromatic carbocycles. The van der Waals surface area contributed by atoms with Crippen LogP contribution in [0.5, 0.6) is 0 Å². The minimum atomic E-state index is -0.0926. The number of aromatic nitrogens is 1. The molecule has 0 spiro atoms. The fourth-order valence-electron chi connectivity index (χ4n) is 1.65. The summed E-state index contributed by atoms with van der Waals surface area (Å²) in [5, 5.41) is 3.36. The molecule has 0 fully saturated rings. The van der Waals surface area contributed by atoms with E-state index in [9.17, 15) is 4.79 Å². The van der Waals surface area contributed by atoms with Crippen LogP contribution in [0.4, 0.5) is 0 Å². The van der Waals surface area contributed by atoms with E-state index in [1.807, 2.05) is 6.92 Å². The summed E-state index contributed by atoms with van der Waals surface area (Å²) in [6, 6.07) is 3.48. The van der Waals surface area contributed by atoms with Gasteiger partial charge in [-0.1, -0.05) is 31.9 Å². The van der Waals surface area contributed by atoms with Gasteiger partial charge in [-0.15, -0.1) is 0 Å². The van der Waals surface area contributed by atoms with Crippen LogP contribution in [0, 0.1) is 5.92 Å². The van der Waals surface area contributed by atoms with Crippen LogP contribution in [0.15, 0.2) is 18.3 Å². The number of pyridine rings is 1. The molecule has 17 heavy (non-hydrogen) atoms. The molecule has 0 saturated heterocycles. The predicted molar refractivity (Wildman–Crippen MR) is 70.2 cm³/mol. The van der Waals surface area contributed by atoms with Gasteiger partial charge in [0, 0.05) is 12.2 Å². The van der Waals surface area contributed by atoms with E-state index >= 15 is 0 Å². The molecule has 1 N–H and O–H groups in total. The number of amides is 1. The van der Waals surface area contributed by atoms with E-state index in [4.69, 9.17) is 11.6 Å². The quantitative estimate of drug-likeness (QED) is 0.820. The zero-order valence-corrected chi connectivity index (χ0v) is 11.3. The topological polar surface area (TPSA) is 42.0 Å². The van der Waals surface area contributed by atoms with Crippen molar-refractivity contribution in [1.82, 2.24) is 10.3 Å². The van der Waals surface area contributed by atoms with Gasteiger partial charge < -0.3 is 5.32 Å². The van der Waals surface area contributed by atoms with Crippen molar-refractivity contribution >= 4 is 17.5 Å². The van der Waals surface area contributed by atoms with Gasteiger partial charge in [0.05, 0.1) is 5.56 Å². The lowest BCUT2D eigenvalue weighted by Crippen LogP contribution is -2.33. The molecule has 0 bridgehead atoms. The second-order valence-electron chi connectivity index (χ2n) is 4.49. The van der Waals surface area contributed by atoms with Crippen molar-refractivity contribution in [2.45, 2.75) is 39.7 Å². The van der Waals surface area contributed by atoms with Crippen molar-refractivity contribution in [3.63, 3.8) is 0 Å². The smallest absolute Gasteiger partial charge is 0.253 e. The maximum atomic E-state index is 11.8. The molecule has 0 radical (unpaired) electrons. The van der Waals surface area contributed by atoms with E-state index in [0.29, 0.717) is 16.6 Å². The third kappa shape index (κ3) is 4.73. The average molecular weight is 255 g/mol. The molecule has 1 heterocycles. The molecule has 0 aliphatic heterocycles. The first-order chi connectivity index (χ1) is 8.02. The summed E-state index contributed by atoms with van der Waals surface area (Å²) in [4.78, 5) is 15.7. The number of halogens is 1. The standard InChI is InChI=1S/C13H19ClN2O/c1-4-9(2)7-10(3)16-13(17)11-5-6-12(14)15-8-11/h5-6,8-10H,4,7H2,1-3H3,(H,16,17). The highest BCUT2D eigenvalue weighted by Crippen LogP contribution is 2.10. The summed E-state index contributed by atoms with van der Waals surface area (Å²) in [6.45, 7) is 6.36. The Labute approximate surface area is 108 Å². The minimum absolute atomic E-state index is 0.0926. The average Bonchev–Trinajstić information content (AvgIpc) is 2.29. The summed E-state index contributed by atoms with van der Waals surface area (Å²) < 4.78 is 0. The van der Waals surface area contributed by atoms with Gasteiger partial charge in [-0.2, -0.15) is 0 Å². The first-order valence-electron chi connectivity index (χ1n) is 5.95. The van der Waals surface area contributed by atoms with E-state index in [2.05, 4.69) is 24.1 Å². The fraction of sp³-hybridized carbons (Fsp3) is 0.538. The number of carbonyl (C=O) groups excluding carboxylic acids is 1. The largest absolute Gasteiger partial charge is 0.350 e. The van der Waals surface area contributed by atoms with Crippen LogP contribution in [-0.4, -0.2) is 16.9 Å². The van der Waals surface area contributed by atoms with Crippen molar-refractivity contribution in [2.75, 3.05) is 0 Å². The molecule has 0 aliphatic rings. The molecule has 0 saturated carbocycles. The molecule has 2 unspecified atom stereocenters. The van der Waals surface area contributed by atoms with Gasteiger partial charge in [-0.05, 0) is 31.4 Å². The van der Waals surface area contributed by atoms with Crippen LogP contribution in [-0.2, 0) is 0 Å². The molecule has 0 aliphatic carbocycles. The van der Waals surface area contributed by atoms with Crippen molar-refractivity contribution in [3.8, 4) is 0 Å². The highest BCUT2D eigenvalue weighted by Gasteiger charge is 2.12. The number of carbonyl (C=O) groups is 1. The van der Waals surface area contributed by atoms with E-state index in [0.717, 1.165) is 12.8 Å². The first kappa shape index (κ1) is 14.0. The molecule has 4 heteroatoms. The van der Waals surface area contributed by atoms with Crippen LogP contribution in [0.1, 0.15) is 44.0 Å². The van der Waals surface area contributed by atoms with E-state index < -0.39 is 0 Å². The summed E-state index contributed by atoms with van der Waals surface area (Å²) in [5.74, 6) is 0.526. The Hall–Kier alpha value is -1.09. The highest BCUT2D eigenvalue weighted by atomic mass is 35.5. The number of nitrogens with zero attached hydrogens (tertiary/aromatic N) is 1. The minimum Gasteiger partial charge on any atom is -0.350 e. The Balaban J connectivity index is 2.51. The van der Waals surface area contributed by atoms with Crippen molar-refractivity contribution in [2.24, 2.45) is 5.92 Å². The maximum absolute atomic E-state index is 11.8. The maximum Gasteiger partial charge on any atom is 0.253 e. The zero-order valence-electron chi connectivity index (χ0n) is 10.5. The molecule has 1 amide bonds. The lowest BCUT2D eigenvalue weighted by atomic mass is 10.0. The number of nitrogens with one attached hydrogen (secondary N) is 1. The fourth-order valence-corrected chi connectivity index (χ4v) is 1.76. The summed E-state index contributed by atoms with van der Waals surface area (Å²) >= 11 is 5.67. The monoisotopic (exact) mass is 254 g/mol. The van der Waals surface area contributed by atoms with Crippen LogP contribution < -0.4 is 5.32 Å². The summed E-state index contributed by atoms with van der Waals surface area (Å²) in [5.41, 5.74) is 0.547. The number of hydrogen-bond donors (Lipinski definition) is 1. The van der Waals surface area contributed by atoms with Gasteiger partial charge in [0.2, 0.25) is 0 Å². The van der Waals surface area contributed by atoms with Crippen molar-refractivity contribution in [3.05, 3.63) is 29.0 Å². The molecular formula is C13H19ClN2O. The molecule has 94 valence electrons. The van der Waals surface area contributed by atoms with Crippen molar-refractivity contribution in [1.29, 1.82) is 0 Å². The zero-order chi connectivity index (χ0) is 12.8. The van der Waals surface area contributed by atoms with E-state index in [1.54, 1.807) is 12.1 Å². The molecule has 1 aromatic rings. The molecular weight excluding hydrogens is 236 g/mol. The van der Waals surface area contributed by atoms with Gasteiger partial charge in [0.1, 0.15) is 5.15 Å². The second kappa shape index (κ2) is 6.60. The van der Waals surface area contributed by atoms with Gasteiger partial charge >= 0.3 is 0 Å². The predicted octanol–water partition coefficient (Wildman–Crippen LogP) is 3.29. The molecule has 1 aromatic heterocycles. The Bertz CT molecular complexity index is 364. The summed E-state index contributed by atoms with van der Waals surface area (Å²) in [7, 11) is 0. The number of rotatable bonds is 5. The lowest BCUT2D eigenvalue weighted by Gasteiger charge is -2.17. The van der Waals surface area contributed by atoms with Gasteiger partial charge in [0.25, 0.3) is 5.91 Å². The summed E-state index contributed by atoms with van der Waals surface area (Å²) in [6.07, 6.45) is 3.61. The van der Waals surface area contributed by atoms with Crippen molar-refractivity contribution < 1.29 is 4.79 Å². The lowest BCUT2D eigenvalue weighted by molar-refractivity contribution is 0.0935. The number of hydrogen-bond acceptors (Lipinski definition) is 2. The van der Waals surface area contributed by atoms with Crippen LogP contribution in [0.25, 0.3) is 0 Å².